The standard InChI is InChI=1S/C12H18N4O4/c17-11(18)8-20-9-1-5-16(6-2-9)12(19)15-7-10-13-3-4-14-10/h3-4,9H,1-2,5-8H2,(H,13,14)(H,15,19)(H,17,18). The number of carboxylic acids is 1. The number of rotatable bonds is 5. The third kappa shape index (κ3) is 4.23. The fraction of sp³-hybridized carbons (Fsp3) is 0.583. The maximum atomic E-state index is 11.9. The van der Waals surface area contributed by atoms with Crippen molar-refractivity contribution in [2.75, 3.05) is 19.7 Å². The maximum Gasteiger partial charge on any atom is 0.329 e. The second kappa shape index (κ2) is 6.90. The molecule has 0 saturated carbocycles. The molecular formula is C12H18N4O4. The summed E-state index contributed by atoms with van der Waals surface area (Å²) in [4.78, 5) is 30.9. The van der Waals surface area contributed by atoms with E-state index < -0.39 is 5.97 Å². The van der Waals surface area contributed by atoms with Crippen LogP contribution in [0.3, 0.4) is 0 Å². The fourth-order valence-corrected chi connectivity index (χ4v) is 2.08. The van der Waals surface area contributed by atoms with Gasteiger partial charge < -0.3 is 25.0 Å². The van der Waals surface area contributed by atoms with Gasteiger partial charge >= 0.3 is 12.0 Å². The molecule has 0 atom stereocenters. The molecule has 1 aromatic rings. The molecule has 2 rings (SSSR count). The van der Waals surface area contributed by atoms with Crippen molar-refractivity contribution in [3.8, 4) is 0 Å². The van der Waals surface area contributed by atoms with Gasteiger partial charge in [0.25, 0.3) is 0 Å². The minimum Gasteiger partial charge on any atom is -0.480 e. The van der Waals surface area contributed by atoms with E-state index in [0.717, 1.165) is 0 Å². The van der Waals surface area contributed by atoms with E-state index in [1.54, 1.807) is 17.3 Å². The van der Waals surface area contributed by atoms with Gasteiger partial charge in [0.2, 0.25) is 0 Å². The van der Waals surface area contributed by atoms with Crippen molar-refractivity contribution >= 4 is 12.0 Å². The van der Waals surface area contributed by atoms with Gasteiger partial charge in [-0.2, -0.15) is 0 Å². The van der Waals surface area contributed by atoms with Crippen LogP contribution >= 0.6 is 0 Å². The van der Waals surface area contributed by atoms with E-state index in [1.165, 1.54) is 0 Å². The zero-order chi connectivity index (χ0) is 14.4. The molecule has 0 unspecified atom stereocenters. The highest BCUT2D eigenvalue weighted by atomic mass is 16.5. The molecule has 0 aliphatic carbocycles. The van der Waals surface area contributed by atoms with Crippen LogP contribution in [-0.2, 0) is 16.1 Å². The summed E-state index contributed by atoms with van der Waals surface area (Å²) in [5, 5.41) is 11.3. The van der Waals surface area contributed by atoms with Gasteiger partial charge in [0, 0.05) is 25.5 Å². The van der Waals surface area contributed by atoms with Crippen LogP contribution in [-0.4, -0.2) is 57.8 Å². The Morgan fingerprint density at radius 2 is 2.25 bits per heavy atom. The van der Waals surface area contributed by atoms with Gasteiger partial charge in [-0.3, -0.25) is 0 Å². The Hall–Kier alpha value is -2.09. The van der Waals surface area contributed by atoms with Crippen molar-refractivity contribution < 1.29 is 19.4 Å². The SMILES string of the molecule is O=C(O)COC1CCN(C(=O)NCc2ncc[nH]2)CC1. The van der Waals surface area contributed by atoms with E-state index in [0.29, 0.717) is 38.3 Å². The van der Waals surface area contributed by atoms with E-state index >= 15 is 0 Å². The highest BCUT2D eigenvalue weighted by molar-refractivity contribution is 5.74. The number of imidazole rings is 1. The number of amides is 2. The number of ether oxygens (including phenoxy) is 1. The second-order valence-corrected chi connectivity index (χ2v) is 4.59. The Morgan fingerprint density at radius 3 is 2.85 bits per heavy atom. The molecule has 0 spiro atoms. The lowest BCUT2D eigenvalue weighted by Gasteiger charge is -2.31. The van der Waals surface area contributed by atoms with E-state index in [9.17, 15) is 9.59 Å². The van der Waals surface area contributed by atoms with Crippen LogP contribution in [0.4, 0.5) is 4.79 Å². The number of nitrogens with zero attached hydrogens (tertiary/aromatic N) is 2. The average molecular weight is 282 g/mol. The van der Waals surface area contributed by atoms with Gasteiger partial charge in [-0.05, 0) is 12.8 Å². The van der Waals surface area contributed by atoms with Crippen LogP contribution in [0.15, 0.2) is 12.4 Å². The Kier molecular flexibility index (Phi) is 4.94. The minimum absolute atomic E-state index is 0.0831. The lowest BCUT2D eigenvalue weighted by molar-refractivity contribution is -0.145. The van der Waals surface area contributed by atoms with Gasteiger partial charge in [-0.25, -0.2) is 14.6 Å². The molecule has 2 amide bonds. The molecule has 2 heterocycles. The van der Waals surface area contributed by atoms with Crippen LogP contribution in [0.5, 0.6) is 0 Å². The quantitative estimate of drug-likeness (QED) is 0.714. The molecule has 1 saturated heterocycles. The number of carbonyl (C=O) groups excluding carboxylic acids is 1. The van der Waals surface area contributed by atoms with Gasteiger partial charge in [0.05, 0.1) is 12.6 Å². The minimum atomic E-state index is -0.969. The second-order valence-electron chi connectivity index (χ2n) is 4.59. The third-order valence-corrected chi connectivity index (χ3v) is 3.13. The Morgan fingerprint density at radius 1 is 1.50 bits per heavy atom. The molecular weight excluding hydrogens is 264 g/mol. The van der Waals surface area contributed by atoms with E-state index in [2.05, 4.69) is 15.3 Å². The van der Waals surface area contributed by atoms with Crippen LogP contribution in [0.1, 0.15) is 18.7 Å². The number of carbonyl (C=O) groups is 2. The summed E-state index contributed by atoms with van der Waals surface area (Å²) in [7, 11) is 0. The predicted octanol–water partition coefficient (Wildman–Crippen LogP) is 0.185. The predicted molar refractivity (Wildman–Crippen MR) is 69.0 cm³/mol. The third-order valence-electron chi connectivity index (χ3n) is 3.13. The molecule has 0 aromatic carbocycles. The first-order valence-corrected chi connectivity index (χ1v) is 6.49. The smallest absolute Gasteiger partial charge is 0.329 e. The first kappa shape index (κ1) is 14.3. The summed E-state index contributed by atoms with van der Waals surface area (Å²) in [6.07, 6.45) is 4.56. The lowest BCUT2D eigenvalue weighted by Crippen LogP contribution is -2.46. The van der Waals surface area contributed by atoms with Crippen molar-refractivity contribution in [1.82, 2.24) is 20.2 Å². The largest absolute Gasteiger partial charge is 0.480 e. The van der Waals surface area contributed by atoms with Crippen LogP contribution in [0, 0.1) is 0 Å². The molecule has 20 heavy (non-hydrogen) atoms. The number of hydrogen-bond acceptors (Lipinski definition) is 4. The lowest BCUT2D eigenvalue weighted by atomic mass is 10.1. The number of H-pyrrole nitrogens is 1. The molecule has 1 fully saturated rings. The van der Waals surface area contributed by atoms with Gasteiger partial charge in [0.15, 0.2) is 0 Å². The van der Waals surface area contributed by atoms with Crippen LogP contribution in [0.25, 0.3) is 0 Å². The summed E-state index contributed by atoms with van der Waals surface area (Å²) in [5.41, 5.74) is 0. The van der Waals surface area contributed by atoms with Crippen molar-refractivity contribution in [3.63, 3.8) is 0 Å². The van der Waals surface area contributed by atoms with Gasteiger partial charge in [0.1, 0.15) is 12.4 Å². The first-order valence-electron chi connectivity index (χ1n) is 6.49. The molecule has 3 N–H and O–H groups in total. The first-order chi connectivity index (χ1) is 9.65. The summed E-state index contributed by atoms with van der Waals surface area (Å²) >= 11 is 0. The van der Waals surface area contributed by atoms with E-state index in [4.69, 9.17) is 9.84 Å². The summed E-state index contributed by atoms with van der Waals surface area (Å²) < 4.78 is 5.22. The highest BCUT2D eigenvalue weighted by Gasteiger charge is 2.23. The van der Waals surface area contributed by atoms with E-state index in [1.807, 2.05) is 0 Å². The molecule has 1 aromatic heterocycles. The number of likely N-dealkylation sites (tertiary alicyclic amines) is 1. The molecule has 0 radical (unpaired) electrons. The van der Waals surface area contributed by atoms with Crippen molar-refractivity contribution in [2.24, 2.45) is 0 Å². The average Bonchev–Trinajstić information content (AvgIpc) is 2.96. The number of hydrogen-bond donors (Lipinski definition) is 3. The molecule has 8 nitrogen and oxygen atoms in total. The van der Waals surface area contributed by atoms with Crippen molar-refractivity contribution in [3.05, 3.63) is 18.2 Å². The highest BCUT2D eigenvalue weighted by Crippen LogP contribution is 2.13. The number of aromatic amines is 1. The molecule has 1 aliphatic heterocycles. The van der Waals surface area contributed by atoms with Crippen LogP contribution in [0.2, 0.25) is 0 Å². The maximum absolute atomic E-state index is 11.9. The monoisotopic (exact) mass is 282 g/mol. The van der Waals surface area contributed by atoms with Gasteiger partial charge in [-0.15, -0.1) is 0 Å². The van der Waals surface area contributed by atoms with Crippen LogP contribution < -0.4 is 5.32 Å². The Bertz CT molecular complexity index is 440. The number of carboxylic acid groups (broad SMARTS) is 1. The number of aliphatic carboxylic acids is 1. The fourth-order valence-electron chi connectivity index (χ4n) is 2.08. The summed E-state index contributed by atoms with van der Waals surface area (Å²) in [6, 6.07) is -0.141. The molecule has 110 valence electrons. The zero-order valence-corrected chi connectivity index (χ0v) is 11.0. The van der Waals surface area contributed by atoms with Crippen molar-refractivity contribution in [2.45, 2.75) is 25.5 Å². The Labute approximate surface area is 116 Å². The summed E-state index contributed by atoms with van der Waals surface area (Å²) in [6.45, 7) is 1.21. The number of aromatic nitrogens is 2. The van der Waals surface area contributed by atoms with Crippen molar-refractivity contribution in [1.29, 1.82) is 0 Å². The molecule has 8 heteroatoms. The molecule has 0 bridgehead atoms. The van der Waals surface area contributed by atoms with E-state index in [-0.39, 0.29) is 18.7 Å². The van der Waals surface area contributed by atoms with Gasteiger partial charge in [-0.1, -0.05) is 0 Å². The molecule has 1 aliphatic rings. The zero-order valence-electron chi connectivity index (χ0n) is 11.0. The Balaban J connectivity index is 1.67. The number of urea groups is 1. The number of nitrogens with one attached hydrogen (secondary N) is 2. The summed E-state index contributed by atoms with van der Waals surface area (Å²) in [5.74, 6) is -0.262. The topological polar surface area (TPSA) is 108 Å². The number of piperidine rings is 1. The normalized spacial score (nSPS) is 16.1.